The Balaban J connectivity index is 1.55. The Bertz CT molecular complexity index is 896. The van der Waals surface area contributed by atoms with E-state index in [0.29, 0.717) is 6.61 Å². The molecule has 134 valence electrons. The fraction of sp³-hybridized carbons (Fsp3) is 0.176. The fourth-order valence-corrected chi connectivity index (χ4v) is 3.68. The smallest absolute Gasteiger partial charge is 0.212 e. The fourth-order valence-electron chi connectivity index (χ4n) is 2.68. The average Bonchev–Trinajstić information content (AvgIpc) is 3.23. The van der Waals surface area contributed by atoms with Crippen molar-refractivity contribution in [2.24, 2.45) is 0 Å². The van der Waals surface area contributed by atoms with Crippen LogP contribution in [0.3, 0.4) is 0 Å². The van der Waals surface area contributed by atoms with Crippen molar-refractivity contribution >= 4 is 17.4 Å². The molecule has 0 spiro atoms. The number of anilines is 1. The van der Waals surface area contributed by atoms with Crippen molar-refractivity contribution in [1.29, 1.82) is 0 Å². The summed E-state index contributed by atoms with van der Waals surface area (Å²) in [6.07, 6.45) is 0. The van der Waals surface area contributed by atoms with Gasteiger partial charge in [-0.15, -0.1) is 10.2 Å². The molecule has 4 rings (SSSR count). The average molecular weight is 370 g/mol. The van der Waals surface area contributed by atoms with Crippen LogP contribution in [0, 0.1) is 5.21 Å². The quantitative estimate of drug-likeness (QED) is 0.660. The first-order chi connectivity index (χ1) is 12.7. The third-order valence-corrected chi connectivity index (χ3v) is 5.03. The first-order valence-electron chi connectivity index (χ1n) is 8.03. The molecule has 0 aliphatic carbocycles. The van der Waals surface area contributed by atoms with E-state index in [1.807, 2.05) is 35.9 Å². The van der Waals surface area contributed by atoms with E-state index < -0.39 is 0 Å². The van der Waals surface area contributed by atoms with Gasteiger partial charge < -0.3 is 20.6 Å². The van der Waals surface area contributed by atoms with Crippen molar-refractivity contribution in [2.45, 2.75) is 17.5 Å². The molecule has 1 aliphatic rings. The highest BCUT2D eigenvalue weighted by Gasteiger charge is 2.28. The van der Waals surface area contributed by atoms with Gasteiger partial charge in [0.15, 0.2) is 5.82 Å². The molecule has 0 amide bonds. The predicted octanol–water partition coefficient (Wildman–Crippen LogP) is 3.39. The molecule has 3 aromatic rings. The number of benzene rings is 2. The van der Waals surface area contributed by atoms with Gasteiger partial charge in [-0.1, -0.05) is 23.9 Å². The van der Waals surface area contributed by atoms with Gasteiger partial charge in [0, 0.05) is 5.56 Å². The van der Waals surface area contributed by atoms with Crippen LogP contribution in [0.25, 0.3) is 11.4 Å². The lowest BCUT2D eigenvalue weighted by Gasteiger charge is -2.22. The van der Waals surface area contributed by atoms with Crippen LogP contribution in [0.5, 0.6) is 5.75 Å². The highest BCUT2D eigenvalue weighted by Crippen LogP contribution is 2.40. The van der Waals surface area contributed by atoms with E-state index >= 15 is 0 Å². The third-order valence-electron chi connectivity index (χ3n) is 3.94. The van der Waals surface area contributed by atoms with Crippen LogP contribution in [0.1, 0.15) is 17.9 Å². The van der Waals surface area contributed by atoms with Gasteiger partial charge in [0.05, 0.1) is 12.3 Å². The van der Waals surface area contributed by atoms with Gasteiger partial charge in [-0.25, -0.2) is 4.68 Å². The molecule has 1 aromatic heterocycles. The van der Waals surface area contributed by atoms with Crippen molar-refractivity contribution < 1.29 is 9.94 Å². The molecule has 26 heavy (non-hydrogen) atoms. The van der Waals surface area contributed by atoms with Crippen molar-refractivity contribution in [1.82, 2.24) is 14.9 Å². The summed E-state index contributed by atoms with van der Waals surface area (Å²) in [5.74, 6) is 1.53. The number of thioether (sulfide) groups is 1. The van der Waals surface area contributed by atoms with E-state index in [-0.39, 0.29) is 16.3 Å². The Hall–Kier alpha value is -2.75. The lowest BCUT2D eigenvalue weighted by Crippen LogP contribution is -2.14. The molecule has 0 saturated carbocycles. The zero-order chi connectivity index (χ0) is 18.1. The second-order valence-electron chi connectivity index (χ2n) is 5.59. The minimum absolute atomic E-state index is 0.0604. The molecular weight excluding hydrogens is 354 g/mol. The van der Waals surface area contributed by atoms with Gasteiger partial charge in [0.1, 0.15) is 11.1 Å². The summed E-state index contributed by atoms with van der Waals surface area (Å²) in [6, 6.07) is 14.4. The summed E-state index contributed by atoms with van der Waals surface area (Å²) in [5, 5.41) is 28.9. The van der Waals surface area contributed by atoms with Crippen molar-refractivity contribution in [3.8, 4) is 17.1 Å². The van der Waals surface area contributed by atoms with Gasteiger partial charge in [0.25, 0.3) is 0 Å². The van der Waals surface area contributed by atoms with Crippen LogP contribution >= 0.6 is 11.8 Å². The molecule has 1 aliphatic heterocycles. The molecule has 0 unspecified atom stereocenters. The van der Waals surface area contributed by atoms with Gasteiger partial charge in [0.2, 0.25) is 5.16 Å². The summed E-state index contributed by atoms with van der Waals surface area (Å²) in [6.45, 7) is 2.57. The zero-order valence-electron chi connectivity index (χ0n) is 13.9. The Morgan fingerprint density at radius 2 is 1.92 bits per heavy atom. The highest BCUT2D eigenvalue weighted by atomic mass is 32.2. The third kappa shape index (κ3) is 3.07. The summed E-state index contributed by atoms with van der Waals surface area (Å²) in [4.78, 5) is 0. The number of hydrogen-bond acceptors (Lipinski definition) is 8. The number of ether oxygens (including phenoxy) is 1. The van der Waals surface area contributed by atoms with Gasteiger partial charge in [-0.3, -0.25) is 5.21 Å². The standard InChI is InChI=1S/C17H16N5O3S/c1-2-25-14-9-5-11(6-10-14)15-18-19-17-21(15)20-16(26-17)12-3-7-13(8-4-12)22(23)24/h3-10,16,20,23H,2H2,1H3/q-1/t16-/m0/s1. The molecule has 2 aromatic carbocycles. The minimum atomic E-state index is -0.155. The molecule has 0 saturated heterocycles. The predicted molar refractivity (Wildman–Crippen MR) is 98.7 cm³/mol. The SMILES string of the molecule is CCOc1ccc(-c2nnc3n2N[C@H](c2ccc(N([O-])O)cc2)S3)cc1. The van der Waals surface area contributed by atoms with E-state index in [4.69, 9.17) is 9.94 Å². The van der Waals surface area contributed by atoms with Crippen LogP contribution < -0.4 is 15.4 Å². The number of nitrogens with zero attached hydrogens (tertiary/aromatic N) is 4. The molecule has 2 heterocycles. The summed E-state index contributed by atoms with van der Waals surface area (Å²) >= 11 is 1.53. The van der Waals surface area contributed by atoms with Crippen molar-refractivity contribution in [3.05, 3.63) is 59.3 Å². The van der Waals surface area contributed by atoms with E-state index in [1.165, 1.54) is 11.8 Å². The molecule has 0 radical (unpaired) electrons. The molecule has 9 heteroatoms. The second-order valence-corrected chi connectivity index (χ2v) is 6.66. The maximum atomic E-state index is 10.9. The molecule has 0 fully saturated rings. The van der Waals surface area contributed by atoms with Gasteiger partial charge in [-0.05, 0) is 48.9 Å². The largest absolute Gasteiger partial charge is 0.733 e. The van der Waals surface area contributed by atoms with E-state index in [2.05, 4.69) is 15.6 Å². The van der Waals surface area contributed by atoms with Crippen LogP contribution in [-0.2, 0) is 0 Å². The van der Waals surface area contributed by atoms with E-state index in [9.17, 15) is 5.21 Å². The van der Waals surface area contributed by atoms with Crippen LogP contribution in [0.2, 0.25) is 0 Å². The summed E-state index contributed by atoms with van der Waals surface area (Å²) in [7, 11) is 0. The number of fused-ring (bicyclic) bond motifs is 1. The van der Waals surface area contributed by atoms with E-state index in [0.717, 1.165) is 27.9 Å². The number of aromatic nitrogens is 3. The number of hydrogen-bond donors (Lipinski definition) is 2. The molecule has 1 atom stereocenters. The van der Waals surface area contributed by atoms with Crippen LogP contribution in [-0.4, -0.2) is 26.7 Å². The molecule has 2 N–H and O–H groups in total. The highest BCUT2D eigenvalue weighted by molar-refractivity contribution is 7.99. The lowest BCUT2D eigenvalue weighted by atomic mass is 10.2. The van der Waals surface area contributed by atoms with Crippen molar-refractivity contribution in [3.63, 3.8) is 0 Å². The summed E-state index contributed by atoms with van der Waals surface area (Å²) in [5.41, 5.74) is 5.43. The topological polar surface area (TPSA) is 98.5 Å². The second kappa shape index (κ2) is 6.87. The van der Waals surface area contributed by atoms with Gasteiger partial charge in [-0.2, -0.15) is 0 Å². The summed E-state index contributed by atoms with van der Waals surface area (Å²) < 4.78 is 7.32. The Kier molecular flexibility index (Phi) is 4.41. The molecular formula is C17H16N5O3S-. The zero-order valence-corrected chi connectivity index (χ0v) is 14.7. The van der Waals surface area contributed by atoms with E-state index in [1.54, 1.807) is 24.3 Å². The first-order valence-corrected chi connectivity index (χ1v) is 8.91. The minimum Gasteiger partial charge on any atom is -0.733 e. The Morgan fingerprint density at radius 3 is 2.58 bits per heavy atom. The first kappa shape index (κ1) is 16.7. The van der Waals surface area contributed by atoms with Crippen molar-refractivity contribution in [2.75, 3.05) is 17.3 Å². The maximum absolute atomic E-state index is 10.9. The molecule has 8 nitrogen and oxygen atoms in total. The Labute approximate surface area is 153 Å². The molecule has 0 bridgehead atoms. The number of nitrogens with one attached hydrogen (secondary N) is 1. The Morgan fingerprint density at radius 1 is 1.19 bits per heavy atom. The number of rotatable bonds is 5. The van der Waals surface area contributed by atoms with Crippen LogP contribution in [0.15, 0.2) is 53.7 Å². The van der Waals surface area contributed by atoms with Gasteiger partial charge >= 0.3 is 0 Å². The van der Waals surface area contributed by atoms with Crippen LogP contribution in [0.4, 0.5) is 5.69 Å². The monoisotopic (exact) mass is 370 g/mol. The lowest BCUT2D eigenvalue weighted by molar-refractivity contribution is 0.296. The normalized spacial score (nSPS) is 15.4. The maximum Gasteiger partial charge on any atom is 0.212 e.